The molecule has 152 valence electrons. The van der Waals surface area contributed by atoms with Crippen LogP contribution >= 0.6 is 11.6 Å². The Balaban J connectivity index is 1.40. The summed E-state index contributed by atoms with van der Waals surface area (Å²) in [4.78, 5) is 16.8. The van der Waals surface area contributed by atoms with Crippen LogP contribution in [-0.2, 0) is 11.2 Å². The Hall–Kier alpha value is -3.65. The number of hydrogen-bond donors (Lipinski definition) is 1. The number of amides is 1. The Morgan fingerprint density at radius 3 is 2.80 bits per heavy atom. The van der Waals surface area contributed by atoms with Gasteiger partial charge in [-0.2, -0.15) is 10.1 Å². The molecular weight excluding hydrogens is 406 g/mol. The largest absolute Gasteiger partial charge is 0.497 e. The van der Waals surface area contributed by atoms with E-state index in [0.717, 1.165) is 17.0 Å². The minimum atomic E-state index is -0.199. The van der Waals surface area contributed by atoms with E-state index in [1.807, 2.05) is 24.3 Å². The van der Waals surface area contributed by atoms with Gasteiger partial charge in [-0.3, -0.25) is 4.79 Å². The average molecular weight is 424 g/mol. The number of benzene rings is 2. The Morgan fingerprint density at radius 1 is 1.23 bits per heavy atom. The van der Waals surface area contributed by atoms with Gasteiger partial charge in [0.15, 0.2) is 0 Å². The molecule has 30 heavy (non-hydrogen) atoms. The molecule has 0 atom stereocenters. The summed E-state index contributed by atoms with van der Waals surface area (Å²) in [6.45, 7) is 0. The number of aromatic nitrogens is 4. The fraction of sp³-hybridized carbons (Fsp3) is 0.143. The lowest BCUT2D eigenvalue weighted by Gasteiger charge is -2.11. The molecule has 2 aromatic carbocycles. The van der Waals surface area contributed by atoms with Crippen molar-refractivity contribution in [1.29, 1.82) is 0 Å². The van der Waals surface area contributed by atoms with E-state index < -0.39 is 0 Å². The molecule has 0 fully saturated rings. The lowest BCUT2D eigenvalue weighted by molar-refractivity contribution is -0.116. The summed E-state index contributed by atoms with van der Waals surface area (Å²) in [5, 5.41) is 11.6. The van der Waals surface area contributed by atoms with Crippen molar-refractivity contribution in [3.05, 3.63) is 71.8 Å². The maximum Gasteiger partial charge on any atom is 0.227 e. The highest BCUT2D eigenvalue weighted by atomic mass is 35.5. The van der Waals surface area contributed by atoms with Gasteiger partial charge in [0.25, 0.3) is 0 Å². The van der Waals surface area contributed by atoms with E-state index in [0.29, 0.717) is 28.8 Å². The van der Waals surface area contributed by atoms with Gasteiger partial charge in [0, 0.05) is 35.8 Å². The molecule has 0 bridgehead atoms. The fourth-order valence-corrected chi connectivity index (χ4v) is 3.04. The molecule has 9 heteroatoms. The zero-order valence-corrected chi connectivity index (χ0v) is 16.8. The van der Waals surface area contributed by atoms with Crippen LogP contribution in [0.2, 0.25) is 5.02 Å². The number of ether oxygens (including phenoxy) is 1. The third-order valence-electron chi connectivity index (χ3n) is 4.37. The highest BCUT2D eigenvalue weighted by molar-refractivity contribution is 6.31. The van der Waals surface area contributed by atoms with Crippen LogP contribution in [0.25, 0.3) is 17.1 Å². The second kappa shape index (κ2) is 8.79. The normalized spacial score (nSPS) is 10.7. The van der Waals surface area contributed by atoms with Crippen molar-refractivity contribution < 1.29 is 14.1 Å². The molecule has 0 radical (unpaired) electrons. The van der Waals surface area contributed by atoms with Gasteiger partial charge in [-0.1, -0.05) is 16.8 Å². The number of anilines is 1. The number of methoxy groups -OCH3 is 1. The minimum Gasteiger partial charge on any atom is -0.497 e. The van der Waals surface area contributed by atoms with Gasteiger partial charge in [0.1, 0.15) is 5.75 Å². The van der Waals surface area contributed by atoms with Gasteiger partial charge < -0.3 is 14.6 Å². The molecule has 0 aliphatic heterocycles. The molecule has 0 saturated heterocycles. The summed E-state index contributed by atoms with van der Waals surface area (Å²) >= 11 is 6.09. The number of halogens is 1. The van der Waals surface area contributed by atoms with E-state index in [9.17, 15) is 4.79 Å². The molecule has 0 aliphatic rings. The van der Waals surface area contributed by atoms with E-state index in [1.54, 1.807) is 48.5 Å². The highest BCUT2D eigenvalue weighted by Crippen LogP contribution is 2.25. The second-order valence-corrected chi connectivity index (χ2v) is 6.84. The number of nitrogens with one attached hydrogen (secondary N) is 1. The van der Waals surface area contributed by atoms with Crippen molar-refractivity contribution in [1.82, 2.24) is 19.9 Å². The molecule has 4 rings (SSSR count). The van der Waals surface area contributed by atoms with E-state index >= 15 is 0 Å². The van der Waals surface area contributed by atoms with Crippen LogP contribution < -0.4 is 10.1 Å². The van der Waals surface area contributed by atoms with E-state index in [1.165, 1.54) is 0 Å². The minimum absolute atomic E-state index is 0.176. The molecule has 0 saturated carbocycles. The van der Waals surface area contributed by atoms with Gasteiger partial charge in [0.2, 0.25) is 17.6 Å². The zero-order valence-electron chi connectivity index (χ0n) is 16.1. The Morgan fingerprint density at radius 2 is 2.07 bits per heavy atom. The summed E-state index contributed by atoms with van der Waals surface area (Å²) in [5.41, 5.74) is 2.09. The van der Waals surface area contributed by atoms with Gasteiger partial charge in [-0.15, -0.1) is 0 Å². The Kier molecular flexibility index (Phi) is 5.76. The van der Waals surface area contributed by atoms with Crippen molar-refractivity contribution in [2.45, 2.75) is 12.8 Å². The van der Waals surface area contributed by atoms with Crippen LogP contribution in [0, 0.1) is 0 Å². The first kappa shape index (κ1) is 19.7. The number of nitrogens with zero attached hydrogens (tertiary/aromatic N) is 4. The third kappa shape index (κ3) is 4.49. The number of aryl methyl sites for hydroxylation is 1. The lowest BCUT2D eigenvalue weighted by atomic mass is 10.2. The molecule has 2 heterocycles. The third-order valence-corrected chi connectivity index (χ3v) is 4.60. The predicted octanol–water partition coefficient (Wildman–Crippen LogP) is 4.16. The summed E-state index contributed by atoms with van der Waals surface area (Å²) < 4.78 is 12.1. The quantitative estimate of drug-likeness (QED) is 0.479. The van der Waals surface area contributed by atoms with Crippen LogP contribution in [0.5, 0.6) is 5.75 Å². The van der Waals surface area contributed by atoms with Crippen molar-refractivity contribution in [2.75, 3.05) is 12.4 Å². The maximum atomic E-state index is 12.5. The molecule has 0 unspecified atom stereocenters. The van der Waals surface area contributed by atoms with Crippen LogP contribution in [-0.4, -0.2) is 32.9 Å². The van der Waals surface area contributed by atoms with Gasteiger partial charge in [-0.25, -0.2) is 4.68 Å². The lowest BCUT2D eigenvalue weighted by Crippen LogP contribution is -2.14. The van der Waals surface area contributed by atoms with E-state index in [-0.39, 0.29) is 12.3 Å². The molecule has 0 aliphatic carbocycles. The molecule has 2 aromatic heterocycles. The van der Waals surface area contributed by atoms with Crippen LogP contribution in [0.15, 0.2) is 65.4 Å². The van der Waals surface area contributed by atoms with Crippen LogP contribution in [0.1, 0.15) is 12.3 Å². The van der Waals surface area contributed by atoms with E-state index in [4.69, 9.17) is 20.9 Å². The first-order valence-electron chi connectivity index (χ1n) is 9.19. The Bertz CT molecular complexity index is 1140. The number of carbonyl (C=O) groups excluding carboxylic acids is 1. The molecule has 1 N–H and O–H groups in total. The number of rotatable bonds is 7. The highest BCUT2D eigenvalue weighted by Gasteiger charge is 2.13. The van der Waals surface area contributed by atoms with Crippen molar-refractivity contribution in [2.24, 2.45) is 0 Å². The molecule has 0 spiro atoms. The number of carbonyl (C=O) groups is 1. The van der Waals surface area contributed by atoms with Gasteiger partial charge in [0.05, 0.1) is 18.5 Å². The topological polar surface area (TPSA) is 95.1 Å². The van der Waals surface area contributed by atoms with Gasteiger partial charge in [-0.05, 0) is 48.5 Å². The standard InChI is InChI=1S/C21H18ClN5O3/c1-29-16-6-3-14(4-7-16)21-25-20(30-26-21)10-9-19(28)24-17-13-15(22)5-8-18(17)27-12-2-11-23-27/h2-8,11-13H,9-10H2,1H3,(H,24,28). The summed E-state index contributed by atoms with van der Waals surface area (Å²) in [6.07, 6.45) is 3.94. The van der Waals surface area contributed by atoms with Crippen molar-refractivity contribution in [3.63, 3.8) is 0 Å². The monoisotopic (exact) mass is 423 g/mol. The predicted molar refractivity (Wildman–Crippen MR) is 112 cm³/mol. The molecular formula is C21H18ClN5O3. The Labute approximate surface area is 177 Å². The fourth-order valence-electron chi connectivity index (χ4n) is 2.87. The smallest absolute Gasteiger partial charge is 0.227 e. The first-order chi connectivity index (χ1) is 14.6. The second-order valence-electron chi connectivity index (χ2n) is 6.40. The van der Waals surface area contributed by atoms with Crippen molar-refractivity contribution in [3.8, 4) is 22.8 Å². The molecule has 8 nitrogen and oxygen atoms in total. The number of hydrogen-bond acceptors (Lipinski definition) is 6. The van der Waals surface area contributed by atoms with Crippen LogP contribution in [0.4, 0.5) is 5.69 Å². The maximum absolute atomic E-state index is 12.5. The summed E-state index contributed by atoms with van der Waals surface area (Å²) in [6, 6.07) is 14.4. The van der Waals surface area contributed by atoms with Crippen LogP contribution in [0.3, 0.4) is 0 Å². The van der Waals surface area contributed by atoms with Gasteiger partial charge >= 0.3 is 0 Å². The summed E-state index contributed by atoms with van der Waals surface area (Å²) in [5.74, 6) is 1.39. The van der Waals surface area contributed by atoms with E-state index in [2.05, 4.69) is 20.6 Å². The first-order valence-corrected chi connectivity index (χ1v) is 9.56. The average Bonchev–Trinajstić information content (AvgIpc) is 3.45. The summed E-state index contributed by atoms with van der Waals surface area (Å²) in [7, 11) is 1.61. The molecule has 4 aromatic rings. The molecule has 1 amide bonds. The van der Waals surface area contributed by atoms with Crippen molar-refractivity contribution >= 4 is 23.2 Å². The SMILES string of the molecule is COc1ccc(-c2noc(CCC(=O)Nc3cc(Cl)ccc3-n3cccn3)n2)cc1. The zero-order chi connectivity index (χ0) is 20.9.